The SMILES string of the molecule is Cc1ccc2c3c1OC1C(=O)CC[C@@]4(O)C(C2)NCC[C@]314. The molecule has 5 rings (SSSR count). The summed E-state index contributed by atoms with van der Waals surface area (Å²) in [5.41, 5.74) is 2.09. The molecular weight excluding hydrogens is 266 g/mol. The Morgan fingerprint density at radius 2 is 2.24 bits per heavy atom. The summed E-state index contributed by atoms with van der Waals surface area (Å²) in [5.74, 6) is 1.02. The molecule has 4 nitrogen and oxygen atoms in total. The number of carbonyl (C=O) groups is 1. The molecule has 4 atom stereocenters. The summed E-state index contributed by atoms with van der Waals surface area (Å²) in [4.78, 5) is 12.5. The molecule has 1 spiro atoms. The van der Waals surface area contributed by atoms with Gasteiger partial charge in [0.05, 0.1) is 11.0 Å². The molecule has 0 radical (unpaired) electrons. The number of carbonyl (C=O) groups excluding carboxylic acids is 1. The molecule has 2 bridgehead atoms. The second-order valence-electron chi connectivity index (χ2n) is 7.07. The van der Waals surface area contributed by atoms with E-state index in [2.05, 4.69) is 17.4 Å². The van der Waals surface area contributed by atoms with Crippen molar-refractivity contribution >= 4 is 5.78 Å². The number of Topliss-reactive ketones (excluding diaryl/α,β-unsaturated/α-hetero) is 1. The number of ether oxygens (including phenoxy) is 1. The van der Waals surface area contributed by atoms with Gasteiger partial charge in [0.1, 0.15) is 5.75 Å². The third-order valence-corrected chi connectivity index (χ3v) is 6.30. The second kappa shape index (κ2) is 3.50. The van der Waals surface area contributed by atoms with Gasteiger partial charge < -0.3 is 15.2 Å². The molecule has 1 aromatic carbocycles. The van der Waals surface area contributed by atoms with E-state index in [4.69, 9.17) is 4.74 Å². The van der Waals surface area contributed by atoms with Gasteiger partial charge in [-0.15, -0.1) is 0 Å². The number of hydrogen-bond donors (Lipinski definition) is 2. The van der Waals surface area contributed by atoms with Crippen LogP contribution in [0.5, 0.6) is 5.75 Å². The van der Waals surface area contributed by atoms with Crippen LogP contribution in [0.2, 0.25) is 0 Å². The van der Waals surface area contributed by atoms with Crippen molar-refractivity contribution in [1.82, 2.24) is 5.32 Å². The van der Waals surface area contributed by atoms with Gasteiger partial charge in [-0.25, -0.2) is 0 Å². The number of aliphatic hydroxyl groups is 1. The Bertz CT molecular complexity index is 685. The van der Waals surface area contributed by atoms with E-state index in [1.165, 1.54) is 5.56 Å². The van der Waals surface area contributed by atoms with Crippen LogP contribution in [-0.4, -0.2) is 35.2 Å². The van der Waals surface area contributed by atoms with E-state index in [9.17, 15) is 9.90 Å². The average Bonchev–Trinajstić information content (AvgIpc) is 2.80. The smallest absolute Gasteiger partial charge is 0.174 e. The Labute approximate surface area is 123 Å². The van der Waals surface area contributed by atoms with E-state index >= 15 is 0 Å². The van der Waals surface area contributed by atoms with Gasteiger partial charge in [-0.3, -0.25) is 4.79 Å². The Hall–Kier alpha value is -1.39. The van der Waals surface area contributed by atoms with Crippen LogP contribution in [0.15, 0.2) is 12.1 Å². The molecule has 1 saturated heterocycles. The quantitative estimate of drug-likeness (QED) is 0.747. The van der Waals surface area contributed by atoms with Crippen molar-refractivity contribution < 1.29 is 14.6 Å². The van der Waals surface area contributed by atoms with Crippen molar-refractivity contribution in [3.8, 4) is 5.75 Å². The summed E-state index contributed by atoms with van der Waals surface area (Å²) >= 11 is 0. The first-order chi connectivity index (χ1) is 10.1. The largest absolute Gasteiger partial charge is 0.481 e. The molecule has 1 aromatic rings. The van der Waals surface area contributed by atoms with Gasteiger partial charge in [-0.05, 0) is 43.9 Å². The normalized spacial score (nSPS) is 42.5. The van der Waals surface area contributed by atoms with E-state index in [1.807, 2.05) is 6.92 Å². The van der Waals surface area contributed by atoms with Gasteiger partial charge >= 0.3 is 0 Å². The van der Waals surface area contributed by atoms with Crippen molar-refractivity contribution in [2.24, 2.45) is 0 Å². The standard InChI is InChI=1S/C17H19NO3/c1-9-2-3-10-8-12-17(20)5-4-11(19)15-16(17,6-7-18-12)13(10)14(9)21-15/h2-3,12,15,18,20H,4-8H2,1H3/t12?,15?,16-,17+/m0/s1. The summed E-state index contributed by atoms with van der Waals surface area (Å²) in [6.07, 6.45) is 2.08. The van der Waals surface area contributed by atoms with Crippen molar-refractivity contribution in [3.63, 3.8) is 0 Å². The highest BCUT2D eigenvalue weighted by Crippen LogP contribution is 2.62. The molecule has 1 saturated carbocycles. The molecule has 2 aliphatic carbocycles. The Balaban J connectivity index is 1.89. The van der Waals surface area contributed by atoms with Gasteiger partial charge in [0.15, 0.2) is 11.9 Å². The van der Waals surface area contributed by atoms with E-state index < -0.39 is 17.1 Å². The highest BCUT2D eigenvalue weighted by atomic mass is 16.5. The number of rotatable bonds is 0. The van der Waals surface area contributed by atoms with Crippen LogP contribution >= 0.6 is 0 Å². The van der Waals surface area contributed by atoms with Crippen LogP contribution in [0.4, 0.5) is 0 Å². The van der Waals surface area contributed by atoms with Crippen molar-refractivity contribution in [2.45, 2.75) is 55.8 Å². The molecule has 2 N–H and O–H groups in total. The summed E-state index contributed by atoms with van der Waals surface area (Å²) in [7, 11) is 0. The van der Waals surface area contributed by atoms with Gasteiger partial charge in [0.25, 0.3) is 0 Å². The van der Waals surface area contributed by atoms with E-state index in [0.717, 1.165) is 36.3 Å². The molecule has 4 heteroatoms. The highest BCUT2D eigenvalue weighted by molar-refractivity contribution is 5.89. The summed E-state index contributed by atoms with van der Waals surface area (Å²) in [5, 5.41) is 15.0. The van der Waals surface area contributed by atoms with E-state index in [0.29, 0.717) is 12.8 Å². The summed E-state index contributed by atoms with van der Waals surface area (Å²) in [6, 6.07) is 4.26. The molecular formula is C17H19NO3. The number of ketones is 1. The van der Waals surface area contributed by atoms with Crippen LogP contribution in [0.3, 0.4) is 0 Å². The molecule has 21 heavy (non-hydrogen) atoms. The predicted molar refractivity (Wildman–Crippen MR) is 76.6 cm³/mol. The van der Waals surface area contributed by atoms with Crippen LogP contribution in [0.25, 0.3) is 0 Å². The maximum Gasteiger partial charge on any atom is 0.174 e. The van der Waals surface area contributed by atoms with Crippen LogP contribution in [0, 0.1) is 6.92 Å². The third kappa shape index (κ3) is 1.12. The zero-order chi connectivity index (χ0) is 14.4. The number of piperidine rings is 1. The second-order valence-corrected chi connectivity index (χ2v) is 7.07. The molecule has 4 aliphatic rings. The maximum atomic E-state index is 12.5. The zero-order valence-corrected chi connectivity index (χ0v) is 12.1. The fourth-order valence-electron chi connectivity index (χ4n) is 5.37. The summed E-state index contributed by atoms with van der Waals surface area (Å²) in [6.45, 7) is 2.87. The monoisotopic (exact) mass is 285 g/mol. The first kappa shape index (κ1) is 12.2. The minimum absolute atomic E-state index is 0.0339. The van der Waals surface area contributed by atoms with Gasteiger partial charge in [0.2, 0.25) is 0 Å². The van der Waals surface area contributed by atoms with Gasteiger partial charge in [-0.2, -0.15) is 0 Å². The molecule has 2 aliphatic heterocycles. The van der Waals surface area contributed by atoms with Gasteiger partial charge in [-0.1, -0.05) is 12.1 Å². The maximum absolute atomic E-state index is 12.5. The third-order valence-electron chi connectivity index (χ3n) is 6.30. The van der Waals surface area contributed by atoms with Crippen LogP contribution in [-0.2, 0) is 16.6 Å². The van der Waals surface area contributed by atoms with E-state index in [1.54, 1.807) is 0 Å². The predicted octanol–water partition coefficient (Wildman–Crippen LogP) is 1.01. The molecule has 2 unspecified atom stereocenters. The first-order valence-corrected chi connectivity index (χ1v) is 7.86. The lowest BCUT2D eigenvalue weighted by Gasteiger charge is -2.59. The molecule has 110 valence electrons. The topological polar surface area (TPSA) is 58.6 Å². The zero-order valence-electron chi connectivity index (χ0n) is 12.1. The number of nitrogens with one attached hydrogen (secondary N) is 1. The van der Waals surface area contributed by atoms with Crippen molar-refractivity contribution in [2.75, 3.05) is 6.54 Å². The molecule has 0 amide bonds. The lowest BCUT2D eigenvalue weighted by molar-refractivity contribution is -0.166. The number of benzene rings is 1. The van der Waals surface area contributed by atoms with Crippen molar-refractivity contribution in [3.05, 3.63) is 28.8 Å². The van der Waals surface area contributed by atoms with E-state index in [-0.39, 0.29) is 11.8 Å². The molecule has 0 aromatic heterocycles. The molecule has 2 fully saturated rings. The summed E-state index contributed by atoms with van der Waals surface area (Å²) < 4.78 is 6.15. The van der Waals surface area contributed by atoms with Crippen LogP contribution in [0.1, 0.15) is 36.0 Å². The Morgan fingerprint density at radius 3 is 3.10 bits per heavy atom. The highest BCUT2D eigenvalue weighted by Gasteiger charge is 2.71. The Morgan fingerprint density at radius 1 is 1.38 bits per heavy atom. The lowest BCUT2D eigenvalue weighted by atomic mass is 9.49. The van der Waals surface area contributed by atoms with Crippen LogP contribution < -0.4 is 10.1 Å². The van der Waals surface area contributed by atoms with Crippen molar-refractivity contribution in [1.29, 1.82) is 0 Å². The van der Waals surface area contributed by atoms with Gasteiger partial charge in [0, 0.05) is 18.0 Å². The number of hydrogen-bond acceptors (Lipinski definition) is 4. The minimum atomic E-state index is -0.851. The lowest BCUT2D eigenvalue weighted by Crippen LogP contribution is -2.76. The fourth-order valence-corrected chi connectivity index (χ4v) is 5.37. The molecule has 2 heterocycles. The Kier molecular flexibility index (Phi) is 2.03. The number of aryl methyl sites for hydroxylation is 1. The first-order valence-electron chi connectivity index (χ1n) is 7.86. The fraction of sp³-hybridized carbons (Fsp3) is 0.588. The minimum Gasteiger partial charge on any atom is -0.481 e. The average molecular weight is 285 g/mol.